The lowest BCUT2D eigenvalue weighted by Crippen LogP contribution is -2.37. The fraction of sp³-hybridized carbons (Fsp3) is 0.200. The Morgan fingerprint density at radius 3 is 2.59 bits per heavy atom. The van der Waals surface area contributed by atoms with Gasteiger partial charge in [0.05, 0.1) is 6.61 Å². The molecule has 0 aliphatic carbocycles. The lowest BCUT2D eigenvalue weighted by atomic mass is 10.2. The maximum absolute atomic E-state index is 12.1. The Bertz CT molecular complexity index is 946. The molecule has 0 aliphatic rings. The highest BCUT2D eigenvalue weighted by molar-refractivity contribution is 7.85. The molecule has 10 nitrogen and oxygen atoms in total. The van der Waals surface area contributed by atoms with Crippen LogP contribution in [-0.4, -0.2) is 37.0 Å². The van der Waals surface area contributed by atoms with Crippen molar-refractivity contribution in [2.75, 3.05) is 11.9 Å². The number of amides is 2. The van der Waals surface area contributed by atoms with Gasteiger partial charge < -0.3 is 8.92 Å². The monoisotopic (exact) mass is 414 g/mol. The fourth-order valence-corrected chi connectivity index (χ4v) is 2.82. The summed E-state index contributed by atoms with van der Waals surface area (Å²) < 4.78 is 35.3. The molecule has 0 aliphatic heterocycles. The SMILES string of the molecule is CCOC(=O)c1ccccc1OS(=O)(=O)NC(=O)Nc1nc(C)cc(Cl)n1. The van der Waals surface area contributed by atoms with E-state index in [9.17, 15) is 18.0 Å². The summed E-state index contributed by atoms with van der Waals surface area (Å²) in [4.78, 5) is 31.3. The smallest absolute Gasteiger partial charge is 0.411 e. The average molecular weight is 415 g/mol. The van der Waals surface area contributed by atoms with Crippen molar-refractivity contribution in [3.63, 3.8) is 0 Å². The summed E-state index contributed by atoms with van der Waals surface area (Å²) in [6, 6.07) is 5.81. The molecule has 1 heterocycles. The van der Waals surface area contributed by atoms with Crippen molar-refractivity contribution in [1.82, 2.24) is 14.7 Å². The van der Waals surface area contributed by atoms with E-state index in [1.807, 2.05) is 0 Å². The Labute approximate surface area is 160 Å². The Kier molecular flexibility index (Phi) is 6.53. The summed E-state index contributed by atoms with van der Waals surface area (Å²) >= 11 is 5.74. The van der Waals surface area contributed by atoms with Gasteiger partial charge >= 0.3 is 22.3 Å². The number of esters is 1. The molecule has 2 rings (SSSR count). The molecular formula is C15H15ClN4O6S. The van der Waals surface area contributed by atoms with Crippen molar-refractivity contribution in [3.8, 4) is 5.75 Å². The van der Waals surface area contributed by atoms with Gasteiger partial charge in [-0.05, 0) is 32.0 Å². The number of ether oxygens (including phenoxy) is 1. The van der Waals surface area contributed by atoms with Crippen LogP contribution in [-0.2, 0) is 15.0 Å². The Balaban J connectivity index is 2.11. The van der Waals surface area contributed by atoms with Gasteiger partial charge in [-0.3, -0.25) is 5.32 Å². The minimum atomic E-state index is -4.60. The summed E-state index contributed by atoms with van der Waals surface area (Å²) in [6.45, 7) is 3.31. The molecule has 0 saturated heterocycles. The van der Waals surface area contributed by atoms with E-state index in [4.69, 9.17) is 20.5 Å². The van der Waals surface area contributed by atoms with E-state index in [-0.39, 0.29) is 29.0 Å². The van der Waals surface area contributed by atoms with Gasteiger partial charge in [0.2, 0.25) is 5.95 Å². The number of hydrogen-bond acceptors (Lipinski definition) is 8. The number of carbonyl (C=O) groups is 2. The lowest BCUT2D eigenvalue weighted by Gasteiger charge is -2.11. The van der Waals surface area contributed by atoms with Crippen LogP contribution in [0.15, 0.2) is 30.3 Å². The molecule has 0 saturated carbocycles. The van der Waals surface area contributed by atoms with Crippen LogP contribution < -0.4 is 14.2 Å². The number of nitrogens with one attached hydrogen (secondary N) is 2. The number of rotatable bonds is 6. The molecule has 0 spiro atoms. The van der Waals surface area contributed by atoms with Crippen molar-refractivity contribution >= 4 is 39.9 Å². The summed E-state index contributed by atoms with van der Waals surface area (Å²) in [7, 11) is -4.60. The highest BCUT2D eigenvalue weighted by Gasteiger charge is 2.22. The molecule has 0 unspecified atom stereocenters. The molecule has 0 bridgehead atoms. The van der Waals surface area contributed by atoms with Gasteiger partial charge in [0.15, 0.2) is 5.75 Å². The van der Waals surface area contributed by atoms with Crippen LogP contribution in [0.25, 0.3) is 0 Å². The lowest BCUT2D eigenvalue weighted by molar-refractivity contribution is 0.0524. The standard InChI is InChI=1S/C15H15ClN4O6S/c1-3-25-13(21)10-6-4-5-7-11(10)26-27(23,24)20-15(22)19-14-17-9(2)8-12(16)18-14/h4-8H,3H2,1-2H3,(H2,17,18,19,20,22). The first kappa shape index (κ1) is 20.4. The first-order valence-corrected chi connectivity index (χ1v) is 9.29. The second kappa shape index (κ2) is 8.64. The number of aryl methyl sites for hydroxylation is 1. The van der Waals surface area contributed by atoms with E-state index < -0.39 is 22.3 Å². The van der Waals surface area contributed by atoms with Crippen molar-refractivity contribution in [2.24, 2.45) is 0 Å². The molecule has 1 aromatic heterocycles. The van der Waals surface area contributed by atoms with Crippen LogP contribution in [0.2, 0.25) is 5.15 Å². The number of aromatic nitrogens is 2. The van der Waals surface area contributed by atoms with Crippen LogP contribution in [0.4, 0.5) is 10.7 Å². The fourth-order valence-electron chi connectivity index (χ4n) is 1.88. The predicted molar refractivity (Wildman–Crippen MR) is 95.9 cm³/mol. The Hall–Kier alpha value is -2.92. The van der Waals surface area contributed by atoms with E-state index >= 15 is 0 Å². The second-order valence-corrected chi connectivity index (χ2v) is 6.63. The first-order valence-electron chi connectivity index (χ1n) is 7.50. The van der Waals surface area contributed by atoms with Gasteiger partial charge in [-0.1, -0.05) is 23.7 Å². The maximum Gasteiger partial charge on any atom is 0.411 e. The molecule has 2 N–H and O–H groups in total. The van der Waals surface area contributed by atoms with Crippen LogP contribution in [0, 0.1) is 6.92 Å². The predicted octanol–water partition coefficient (Wildman–Crippen LogP) is 2.06. The van der Waals surface area contributed by atoms with E-state index in [1.165, 1.54) is 30.3 Å². The topological polar surface area (TPSA) is 137 Å². The minimum Gasteiger partial charge on any atom is -0.462 e. The third-order valence-electron chi connectivity index (χ3n) is 2.85. The molecule has 12 heteroatoms. The Morgan fingerprint density at radius 1 is 1.22 bits per heavy atom. The zero-order chi connectivity index (χ0) is 20.0. The third kappa shape index (κ3) is 6.08. The third-order valence-corrected chi connectivity index (χ3v) is 3.88. The van der Waals surface area contributed by atoms with Crippen molar-refractivity contribution < 1.29 is 26.9 Å². The van der Waals surface area contributed by atoms with E-state index in [1.54, 1.807) is 18.6 Å². The van der Waals surface area contributed by atoms with Crippen molar-refractivity contribution in [2.45, 2.75) is 13.8 Å². The second-order valence-electron chi connectivity index (χ2n) is 4.97. The summed E-state index contributed by atoms with van der Waals surface area (Å²) in [5.74, 6) is -1.26. The Morgan fingerprint density at radius 2 is 1.93 bits per heavy atom. The molecule has 0 radical (unpaired) electrons. The largest absolute Gasteiger partial charge is 0.462 e. The van der Waals surface area contributed by atoms with Crippen LogP contribution >= 0.6 is 11.6 Å². The number of carbonyl (C=O) groups excluding carboxylic acids is 2. The molecule has 1 aromatic carbocycles. The van der Waals surface area contributed by atoms with Crippen molar-refractivity contribution in [1.29, 1.82) is 0 Å². The summed E-state index contributed by atoms with van der Waals surface area (Å²) in [6.07, 6.45) is 0. The van der Waals surface area contributed by atoms with Gasteiger partial charge in [-0.25, -0.2) is 24.3 Å². The highest BCUT2D eigenvalue weighted by Crippen LogP contribution is 2.20. The first-order chi connectivity index (χ1) is 12.7. The number of hydrogen-bond donors (Lipinski definition) is 2. The molecule has 0 atom stereocenters. The maximum atomic E-state index is 12.1. The zero-order valence-corrected chi connectivity index (χ0v) is 15.8. The summed E-state index contributed by atoms with van der Waals surface area (Å²) in [5, 5.41) is 2.19. The number of halogens is 1. The van der Waals surface area contributed by atoms with Crippen LogP contribution in [0.5, 0.6) is 5.75 Å². The average Bonchev–Trinajstić information content (AvgIpc) is 2.53. The quantitative estimate of drug-likeness (QED) is 0.541. The molecule has 2 amide bonds. The number of anilines is 1. The molecular weight excluding hydrogens is 400 g/mol. The van der Waals surface area contributed by atoms with Crippen LogP contribution in [0.3, 0.4) is 0 Å². The van der Waals surface area contributed by atoms with E-state index in [0.717, 1.165) is 0 Å². The highest BCUT2D eigenvalue weighted by atomic mass is 35.5. The van der Waals surface area contributed by atoms with Gasteiger partial charge in [-0.15, -0.1) is 0 Å². The number of urea groups is 1. The van der Waals surface area contributed by atoms with Gasteiger partial charge in [0.25, 0.3) is 0 Å². The number of nitrogens with zero attached hydrogens (tertiary/aromatic N) is 2. The van der Waals surface area contributed by atoms with Gasteiger partial charge in [0, 0.05) is 5.69 Å². The zero-order valence-electron chi connectivity index (χ0n) is 14.2. The van der Waals surface area contributed by atoms with Gasteiger partial charge in [-0.2, -0.15) is 8.42 Å². The molecule has 2 aromatic rings. The summed E-state index contributed by atoms with van der Waals surface area (Å²) in [5.41, 5.74) is 0.353. The molecule has 0 fully saturated rings. The van der Waals surface area contributed by atoms with Gasteiger partial charge in [0.1, 0.15) is 10.7 Å². The van der Waals surface area contributed by atoms with E-state index in [0.29, 0.717) is 5.69 Å². The number of benzene rings is 1. The van der Waals surface area contributed by atoms with Crippen molar-refractivity contribution in [3.05, 3.63) is 46.7 Å². The number of para-hydroxylation sites is 1. The van der Waals surface area contributed by atoms with Crippen LogP contribution in [0.1, 0.15) is 23.0 Å². The molecule has 144 valence electrons. The minimum absolute atomic E-state index is 0.0697. The molecule has 27 heavy (non-hydrogen) atoms. The van der Waals surface area contributed by atoms with E-state index in [2.05, 4.69) is 15.3 Å². The normalized spacial score (nSPS) is 10.8.